The molecule has 0 radical (unpaired) electrons. The molecule has 3 rings (SSSR count). The number of fused-ring (bicyclic) bond motifs is 1. The second-order valence-electron chi connectivity index (χ2n) is 3.91. The fourth-order valence-corrected chi connectivity index (χ4v) is 1.64. The van der Waals surface area contributed by atoms with Gasteiger partial charge in [0, 0.05) is 6.07 Å². The van der Waals surface area contributed by atoms with Crippen molar-refractivity contribution in [3.05, 3.63) is 28.9 Å². The smallest absolute Gasteiger partial charge is 0.215 e. The largest absolute Gasteiger partial charge is 0.439 e. The van der Waals surface area contributed by atoms with Crippen molar-refractivity contribution in [1.82, 2.24) is 4.98 Å². The Hall–Kier alpha value is -1.13. The number of nitrogens with two attached hydrogens (primary N) is 1. The molecule has 0 aliphatic heterocycles. The van der Waals surface area contributed by atoms with Crippen LogP contribution in [-0.2, 0) is 5.54 Å². The maximum absolute atomic E-state index is 13.1. The van der Waals surface area contributed by atoms with E-state index in [2.05, 4.69) is 4.98 Å². The van der Waals surface area contributed by atoms with Crippen molar-refractivity contribution in [2.75, 3.05) is 0 Å². The Morgan fingerprint density at radius 1 is 1.47 bits per heavy atom. The molecule has 0 spiro atoms. The van der Waals surface area contributed by atoms with Gasteiger partial charge in [-0.25, -0.2) is 9.37 Å². The molecular formula is C10H8ClFN2O. The number of rotatable bonds is 1. The molecule has 1 fully saturated rings. The molecule has 0 unspecified atom stereocenters. The molecule has 0 saturated heterocycles. The van der Waals surface area contributed by atoms with Crippen molar-refractivity contribution in [1.29, 1.82) is 0 Å². The molecule has 1 heterocycles. The second kappa shape index (κ2) is 2.71. The van der Waals surface area contributed by atoms with E-state index >= 15 is 0 Å². The molecular weight excluding hydrogens is 219 g/mol. The Morgan fingerprint density at radius 3 is 2.87 bits per heavy atom. The molecule has 0 atom stereocenters. The zero-order chi connectivity index (χ0) is 10.6. The van der Waals surface area contributed by atoms with Gasteiger partial charge in [-0.1, -0.05) is 11.6 Å². The van der Waals surface area contributed by atoms with Crippen LogP contribution in [0.1, 0.15) is 18.7 Å². The number of benzene rings is 1. The molecule has 0 amide bonds. The summed E-state index contributed by atoms with van der Waals surface area (Å²) in [6.45, 7) is 0. The Balaban J connectivity index is 2.22. The van der Waals surface area contributed by atoms with Gasteiger partial charge in [-0.2, -0.15) is 0 Å². The van der Waals surface area contributed by atoms with Gasteiger partial charge in [-0.3, -0.25) is 0 Å². The van der Waals surface area contributed by atoms with Gasteiger partial charge in [0.25, 0.3) is 0 Å². The lowest BCUT2D eigenvalue weighted by molar-refractivity contribution is 0.464. The first-order chi connectivity index (χ1) is 7.08. The molecule has 1 aliphatic carbocycles. The van der Waals surface area contributed by atoms with Crippen molar-refractivity contribution in [2.45, 2.75) is 18.4 Å². The summed E-state index contributed by atoms with van der Waals surface area (Å²) in [5.41, 5.74) is 6.42. The number of hydrogen-bond donors (Lipinski definition) is 1. The van der Waals surface area contributed by atoms with Gasteiger partial charge in [0.1, 0.15) is 11.3 Å². The van der Waals surface area contributed by atoms with E-state index in [0.29, 0.717) is 17.0 Å². The molecule has 15 heavy (non-hydrogen) atoms. The van der Waals surface area contributed by atoms with Gasteiger partial charge >= 0.3 is 0 Å². The van der Waals surface area contributed by atoms with Crippen molar-refractivity contribution >= 4 is 22.7 Å². The highest BCUT2D eigenvalue weighted by Gasteiger charge is 2.45. The highest BCUT2D eigenvalue weighted by Crippen LogP contribution is 2.43. The average Bonchev–Trinajstić information content (AvgIpc) is 2.78. The van der Waals surface area contributed by atoms with Crippen molar-refractivity contribution in [3.8, 4) is 0 Å². The van der Waals surface area contributed by atoms with E-state index in [0.717, 1.165) is 12.8 Å². The summed E-state index contributed by atoms with van der Waals surface area (Å²) >= 11 is 5.64. The number of halogens is 2. The first-order valence-corrected chi connectivity index (χ1v) is 5.01. The van der Waals surface area contributed by atoms with Gasteiger partial charge in [0.15, 0.2) is 5.58 Å². The third kappa shape index (κ3) is 1.33. The molecule has 2 N–H and O–H groups in total. The SMILES string of the molecule is NC1(c2nc3cc(Cl)c(F)cc3o2)CC1. The lowest BCUT2D eigenvalue weighted by Crippen LogP contribution is -2.18. The lowest BCUT2D eigenvalue weighted by atomic mass is 10.3. The van der Waals surface area contributed by atoms with E-state index in [1.807, 2.05) is 0 Å². The Morgan fingerprint density at radius 2 is 2.20 bits per heavy atom. The standard InChI is InChI=1S/C10H8ClFN2O/c11-5-3-7-8(4-6(5)12)15-9(14-7)10(13)1-2-10/h3-4H,1-2,13H2. The van der Waals surface area contributed by atoms with Crippen LogP contribution in [-0.4, -0.2) is 4.98 Å². The van der Waals surface area contributed by atoms with E-state index < -0.39 is 11.4 Å². The van der Waals surface area contributed by atoms with Crippen LogP contribution in [0.5, 0.6) is 0 Å². The summed E-state index contributed by atoms with van der Waals surface area (Å²) in [6.07, 6.45) is 1.71. The summed E-state index contributed by atoms with van der Waals surface area (Å²) in [6, 6.07) is 2.69. The molecule has 2 aromatic rings. The Kier molecular flexibility index (Phi) is 1.65. The van der Waals surface area contributed by atoms with Crippen LogP contribution >= 0.6 is 11.6 Å². The predicted molar refractivity (Wildman–Crippen MR) is 54.1 cm³/mol. The second-order valence-corrected chi connectivity index (χ2v) is 4.32. The van der Waals surface area contributed by atoms with Crippen LogP contribution in [0.3, 0.4) is 0 Å². The molecule has 1 saturated carbocycles. The maximum atomic E-state index is 13.1. The van der Waals surface area contributed by atoms with E-state index in [-0.39, 0.29) is 5.02 Å². The number of hydrogen-bond acceptors (Lipinski definition) is 3. The van der Waals surface area contributed by atoms with Crippen LogP contribution in [0, 0.1) is 5.82 Å². The number of oxazole rings is 1. The monoisotopic (exact) mass is 226 g/mol. The topological polar surface area (TPSA) is 52.0 Å². The van der Waals surface area contributed by atoms with E-state index in [1.54, 1.807) is 0 Å². The Labute approximate surface area is 90.0 Å². The van der Waals surface area contributed by atoms with E-state index in [9.17, 15) is 4.39 Å². The van der Waals surface area contributed by atoms with Crippen LogP contribution in [0.25, 0.3) is 11.1 Å². The quantitative estimate of drug-likeness (QED) is 0.813. The van der Waals surface area contributed by atoms with Crippen LogP contribution in [0.15, 0.2) is 16.5 Å². The van der Waals surface area contributed by atoms with Crippen molar-refractivity contribution in [2.24, 2.45) is 5.73 Å². The van der Waals surface area contributed by atoms with Crippen molar-refractivity contribution in [3.63, 3.8) is 0 Å². The number of aromatic nitrogens is 1. The predicted octanol–water partition coefficient (Wildman–Crippen LogP) is 2.57. The van der Waals surface area contributed by atoms with Crippen LogP contribution in [0.4, 0.5) is 4.39 Å². The maximum Gasteiger partial charge on any atom is 0.215 e. The fourth-order valence-electron chi connectivity index (χ4n) is 1.49. The third-order valence-electron chi connectivity index (χ3n) is 2.65. The highest BCUT2D eigenvalue weighted by molar-refractivity contribution is 6.31. The molecule has 3 nitrogen and oxygen atoms in total. The van der Waals surface area contributed by atoms with Gasteiger partial charge < -0.3 is 10.2 Å². The first-order valence-electron chi connectivity index (χ1n) is 4.63. The first kappa shape index (κ1) is 9.12. The molecule has 5 heteroatoms. The van der Waals surface area contributed by atoms with Gasteiger partial charge in [-0.15, -0.1) is 0 Å². The summed E-state index contributed by atoms with van der Waals surface area (Å²) in [5, 5.41) is 0.0456. The fraction of sp³-hybridized carbons (Fsp3) is 0.300. The minimum Gasteiger partial charge on any atom is -0.439 e. The third-order valence-corrected chi connectivity index (χ3v) is 2.93. The molecule has 78 valence electrons. The minimum atomic E-state index is -0.506. The summed E-state index contributed by atoms with van der Waals surface area (Å²) in [4.78, 5) is 4.21. The van der Waals surface area contributed by atoms with Gasteiger partial charge in [0.05, 0.1) is 10.6 Å². The zero-order valence-electron chi connectivity index (χ0n) is 7.76. The minimum absolute atomic E-state index is 0.0456. The van der Waals surface area contributed by atoms with E-state index in [4.69, 9.17) is 21.8 Å². The normalized spacial score (nSPS) is 18.3. The molecule has 1 aromatic heterocycles. The zero-order valence-corrected chi connectivity index (χ0v) is 8.51. The Bertz CT molecular complexity index is 509. The lowest BCUT2D eigenvalue weighted by Gasteiger charge is -1.99. The summed E-state index contributed by atoms with van der Waals surface area (Å²) in [7, 11) is 0. The van der Waals surface area contributed by atoms with Crippen LogP contribution in [0.2, 0.25) is 5.02 Å². The average molecular weight is 227 g/mol. The van der Waals surface area contributed by atoms with Crippen molar-refractivity contribution < 1.29 is 8.81 Å². The summed E-state index contributed by atoms with van der Waals surface area (Å²) in [5.74, 6) is -0.0344. The number of nitrogens with zero attached hydrogens (tertiary/aromatic N) is 1. The molecule has 1 aromatic carbocycles. The molecule has 1 aliphatic rings. The highest BCUT2D eigenvalue weighted by atomic mass is 35.5. The van der Waals surface area contributed by atoms with E-state index in [1.165, 1.54) is 12.1 Å². The van der Waals surface area contributed by atoms with Crippen LogP contribution < -0.4 is 5.73 Å². The summed E-state index contributed by atoms with van der Waals surface area (Å²) < 4.78 is 18.5. The molecule has 0 bridgehead atoms. The van der Waals surface area contributed by atoms with Gasteiger partial charge in [0.2, 0.25) is 5.89 Å². The van der Waals surface area contributed by atoms with Gasteiger partial charge in [-0.05, 0) is 18.9 Å².